The Balaban J connectivity index is 1.85. The third-order valence-corrected chi connectivity index (χ3v) is 9.16. The number of aliphatic hydroxyl groups excluding tert-OH is 1. The van der Waals surface area contributed by atoms with E-state index in [1.807, 2.05) is 44.7 Å². The number of thioether (sulfide) groups is 1. The van der Waals surface area contributed by atoms with Crippen LogP contribution in [0.5, 0.6) is 0 Å². The van der Waals surface area contributed by atoms with Gasteiger partial charge < -0.3 is 19.6 Å². The number of aliphatic hydroxyl groups is 1. The maximum Gasteiger partial charge on any atom is 0.311 e. The van der Waals surface area contributed by atoms with Crippen LogP contribution in [0, 0.1) is 11.8 Å². The lowest BCUT2D eigenvalue weighted by Crippen LogP contribution is -2.57. The van der Waals surface area contributed by atoms with Crippen molar-refractivity contribution in [3.05, 3.63) is 24.3 Å². The zero-order valence-corrected chi connectivity index (χ0v) is 20.9. The summed E-state index contributed by atoms with van der Waals surface area (Å²) in [6, 6.07) is -0.690. The van der Waals surface area contributed by atoms with Gasteiger partial charge >= 0.3 is 5.97 Å². The number of ether oxygens (including phenoxy) is 1. The lowest BCUT2D eigenvalue weighted by Gasteiger charge is -2.41. The van der Waals surface area contributed by atoms with Crippen molar-refractivity contribution in [2.45, 2.75) is 74.5 Å². The van der Waals surface area contributed by atoms with Gasteiger partial charge in [0.05, 0.1) is 23.2 Å². The number of carbonyl (C=O) groups is 3. The van der Waals surface area contributed by atoms with E-state index in [2.05, 4.69) is 12.2 Å². The van der Waals surface area contributed by atoms with E-state index < -0.39 is 32.9 Å². The summed E-state index contributed by atoms with van der Waals surface area (Å²) in [6.07, 6.45) is 10.9. The molecule has 4 heterocycles. The Morgan fingerprint density at radius 3 is 2.58 bits per heavy atom. The number of carbonyl (C=O) groups excluding carboxylic acids is 3. The minimum atomic E-state index is -0.838. The fourth-order valence-corrected chi connectivity index (χ4v) is 8.02. The third-order valence-electron chi connectivity index (χ3n) is 7.37. The van der Waals surface area contributed by atoms with Crippen molar-refractivity contribution in [3.8, 4) is 0 Å². The molecule has 1 N–H and O–H groups in total. The average Bonchev–Trinajstić information content (AvgIpc) is 3.06. The topological polar surface area (TPSA) is 87.2 Å². The SMILES string of the molecule is CC(C)(C)N1CC=C[C@]23S[C@]4(C)/C=C\CCCOC(=O)[C@@H]4[C@H]2C(=O)N(CCCCO)C3C1=O. The summed E-state index contributed by atoms with van der Waals surface area (Å²) >= 11 is 1.58. The molecule has 4 aliphatic rings. The monoisotopic (exact) mass is 476 g/mol. The van der Waals surface area contributed by atoms with E-state index in [1.54, 1.807) is 16.7 Å². The van der Waals surface area contributed by atoms with E-state index in [1.165, 1.54) is 0 Å². The molecule has 4 aliphatic heterocycles. The maximum atomic E-state index is 14.1. The van der Waals surface area contributed by atoms with Gasteiger partial charge in [-0.1, -0.05) is 24.3 Å². The molecule has 182 valence electrons. The minimum absolute atomic E-state index is 0.0375. The predicted molar refractivity (Wildman–Crippen MR) is 127 cm³/mol. The van der Waals surface area contributed by atoms with Gasteiger partial charge in [0, 0.05) is 30.0 Å². The fraction of sp³-hybridized carbons (Fsp3) is 0.720. The number of fused-ring (bicyclic) bond motifs is 2. The number of hydrogen-bond donors (Lipinski definition) is 1. The first-order chi connectivity index (χ1) is 15.6. The standard InChI is InChI=1S/C25H36N2O5S/c1-23(2,3)27-14-10-12-25-17(20(29)26(13-7-8-15-28)19(25)21(27)30)18-22(31)32-16-9-5-6-11-24(18,4)33-25/h6,10-12,17-19,28H,5,7-9,13-16H2,1-4H3/b11-6-/t17-,18-,19?,24+,25-/m0/s1. The van der Waals surface area contributed by atoms with E-state index in [0.29, 0.717) is 32.5 Å². The molecule has 0 radical (unpaired) electrons. The van der Waals surface area contributed by atoms with Crippen LogP contribution >= 0.6 is 11.8 Å². The van der Waals surface area contributed by atoms with Crippen molar-refractivity contribution in [2.75, 3.05) is 26.3 Å². The summed E-state index contributed by atoms with van der Waals surface area (Å²) in [5.41, 5.74) is -0.406. The number of cyclic esters (lactones) is 1. The van der Waals surface area contributed by atoms with Crippen LogP contribution in [-0.4, -0.2) is 80.1 Å². The molecule has 0 bridgehead atoms. The van der Waals surface area contributed by atoms with Gasteiger partial charge in [0.25, 0.3) is 0 Å². The summed E-state index contributed by atoms with van der Waals surface area (Å²) < 4.78 is 4.15. The zero-order valence-electron chi connectivity index (χ0n) is 20.1. The second-order valence-corrected chi connectivity index (χ2v) is 12.5. The van der Waals surface area contributed by atoms with E-state index in [-0.39, 0.29) is 24.4 Å². The molecule has 4 rings (SSSR count). The molecule has 7 nitrogen and oxygen atoms in total. The molecule has 1 spiro atoms. The van der Waals surface area contributed by atoms with Gasteiger partial charge in [0.1, 0.15) is 6.04 Å². The van der Waals surface area contributed by atoms with Gasteiger partial charge in [-0.05, 0) is 53.4 Å². The summed E-state index contributed by atoms with van der Waals surface area (Å²) in [7, 11) is 0. The molecule has 5 atom stereocenters. The molecule has 2 amide bonds. The van der Waals surface area contributed by atoms with Gasteiger partial charge in [-0.3, -0.25) is 14.4 Å². The molecular weight excluding hydrogens is 440 g/mol. The van der Waals surface area contributed by atoms with Crippen molar-refractivity contribution in [3.63, 3.8) is 0 Å². The maximum absolute atomic E-state index is 14.1. The van der Waals surface area contributed by atoms with Gasteiger partial charge in [-0.2, -0.15) is 0 Å². The van der Waals surface area contributed by atoms with Crippen LogP contribution in [0.3, 0.4) is 0 Å². The van der Waals surface area contributed by atoms with Crippen LogP contribution in [0.4, 0.5) is 0 Å². The van der Waals surface area contributed by atoms with Crippen LogP contribution in [0.15, 0.2) is 24.3 Å². The summed E-state index contributed by atoms with van der Waals surface area (Å²) in [4.78, 5) is 44.9. The Morgan fingerprint density at radius 1 is 1.12 bits per heavy atom. The van der Waals surface area contributed by atoms with Gasteiger partial charge in [-0.25, -0.2) is 0 Å². The largest absolute Gasteiger partial charge is 0.465 e. The van der Waals surface area contributed by atoms with Crippen molar-refractivity contribution in [1.82, 2.24) is 9.80 Å². The van der Waals surface area contributed by atoms with Crippen LogP contribution in [0.2, 0.25) is 0 Å². The molecular formula is C25H36N2O5S. The molecule has 0 saturated carbocycles. The minimum Gasteiger partial charge on any atom is -0.465 e. The van der Waals surface area contributed by atoms with Crippen LogP contribution in [0.1, 0.15) is 53.4 Å². The lowest BCUT2D eigenvalue weighted by atomic mass is 9.74. The number of amides is 2. The first kappa shape index (κ1) is 24.3. The van der Waals surface area contributed by atoms with E-state index in [0.717, 1.165) is 12.8 Å². The molecule has 0 aromatic heterocycles. The zero-order chi connectivity index (χ0) is 24.0. The number of hydrogen-bond acceptors (Lipinski definition) is 6. The molecule has 8 heteroatoms. The number of likely N-dealkylation sites (tertiary alicyclic amines) is 1. The highest BCUT2D eigenvalue weighted by atomic mass is 32.2. The Morgan fingerprint density at radius 2 is 1.88 bits per heavy atom. The van der Waals surface area contributed by atoms with Crippen molar-refractivity contribution in [2.24, 2.45) is 11.8 Å². The highest BCUT2D eigenvalue weighted by Gasteiger charge is 2.74. The van der Waals surface area contributed by atoms with E-state index in [9.17, 15) is 19.5 Å². The first-order valence-electron chi connectivity index (χ1n) is 12.0. The van der Waals surface area contributed by atoms with Crippen molar-refractivity contribution in [1.29, 1.82) is 0 Å². The average molecular weight is 477 g/mol. The number of allylic oxidation sites excluding steroid dienone is 1. The Hall–Kier alpha value is -1.80. The van der Waals surface area contributed by atoms with Gasteiger partial charge in [-0.15, -0.1) is 11.8 Å². The Labute approximate surface area is 200 Å². The summed E-state index contributed by atoms with van der Waals surface area (Å²) in [6.45, 7) is 9.23. The van der Waals surface area contributed by atoms with Gasteiger partial charge in [0.15, 0.2) is 0 Å². The van der Waals surface area contributed by atoms with Crippen LogP contribution in [-0.2, 0) is 19.1 Å². The second kappa shape index (κ2) is 8.77. The smallest absolute Gasteiger partial charge is 0.311 e. The third kappa shape index (κ3) is 3.93. The highest BCUT2D eigenvalue weighted by molar-refractivity contribution is 8.02. The molecule has 0 aromatic rings. The molecule has 0 aliphatic carbocycles. The summed E-state index contributed by atoms with van der Waals surface area (Å²) in [5.74, 6) is -1.90. The highest BCUT2D eigenvalue weighted by Crippen LogP contribution is 2.65. The van der Waals surface area contributed by atoms with Crippen molar-refractivity contribution < 1.29 is 24.2 Å². The van der Waals surface area contributed by atoms with Gasteiger partial charge in [0.2, 0.25) is 11.8 Å². The fourth-order valence-electron chi connectivity index (χ4n) is 5.87. The lowest BCUT2D eigenvalue weighted by molar-refractivity contribution is -0.154. The quantitative estimate of drug-likeness (QED) is 0.381. The molecule has 1 unspecified atom stereocenters. The normalized spacial score (nSPS) is 37.5. The molecule has 2 fully saturated rings. The predicted octanol–water partition coefficient (Wildman–Crippen LogP) is 2.54. The first-order valence-corrected chi connectivity index (χ1v) is 12.8. The van der Waals surface area contributed by atoms with Crippen LogP contribution < -0.4 is 0 Å². The number of rotatable bonds is 4. The number of unbranched alkanes of at least 4 members (excludes halogenated alkanes) is 1. The number of esters is 1. The molecule has 0 aromatic carbocycles. The van der Waals surface area contributed by atoms with Crippen LogP contribution in [0.25, 0.3) is 0 Å². The second-order valence-electron chi connectivity index (χ2n) is 10.7. The molecule has 2 saturated heterocycles. The van der Waals surface area contributed by atoms with Crippen molar-refractivity contribution >= 4 is 29.5 Å². The molecule has 33 heavy (non-hydrogen) atoms. The van der Waals surface area contributed by atoms with E-state index in [4.69, 9.17) is 4.74 Å². The summed E-state index contributed by atoms with van der Waals surface area (Å²) in [5, 5.41) is 9.29. The van der Waals surface area contributed by atoms with E-state index >= 15 is 0 Å². The Bertz CT molecular complexity index is 881. The Kier molecular flexibility index (Phi) is 6.46. The number of nitrogens with zero attached hydrogens (tertiary/aromatic N) is 2.